The Morgan fingerprint density at radius 2 is 0.683 bits per heavy atom. The summed E-state index contributed by atoms with van der Waals surface area (Å²) in [5.74, 6) is 0. The molecule has 0 aliphatic rings. The van der Waals surface area contributed by atoms with Gasteiger partial charge < -0.3 is 9.80 Å². The minimum Gasteiger partial charge on any atom is -0.310 e. The van der Waals surface area contributed by atoms with Crippen molar-refractivity contribution < 1.29 is 0 Å². The number of anilines is 6. The van der Waals surface area contributed by atoms with Crippen molar-refractivity contribution in [1.29, 1.82) is 0 Å². The Hall–Kier alpha value is -8.01. The second-order valence-electron chi connectivity index (χ2n) is 15.2. The molecule has 0 fully saturated rings. The Bertz CT molecular complexity index is 3090. The Morgan fingerprint density at radius 1 is 0.267 bits per heavy atom. The topological polar surface area (TPSA) is 19.4 Å². The Kier molecular flexibility index (Phi) is 8.83. The van der Waals surface area contributed by atoms with Crippen molar-refractivity contribution in [2.75, 3.05) is 9.80 Å². The molecule has 11 aromatic rings. The van der Waals surface area contributed by atoms with Gasteiger partial charge in [-0.15, -0.1) is 0 Å². The van der Waals surface area contributed by atoms with Crippen molar-refractivity contribution >= 4 is 77.3 Å². The lowest BCUT2D eigenvalue weighted by atomic mass is 9.87. The number of hydrogen-bond acceptors (Lipinski definition) is 3. The minimum absolute atomic E-state index is 0.956. The monoisotopic (exact) mass is 765 g/mol. The lowest BCUT2D eigenvalue weighted by molar-refractivity contribution is 1.26. The van der Waals surface area contributed by atoms with Crippen LogP contribution in [0, 0.1) is 0 Å². The van der Waals surface area contributed by atoms with Gasteiger partial charge in [0.25, 0.3) is 0 Å². The molecule has 60 heavy (non-hydrogen) atoms. The summed E-state index contributed by atoms with van der Waals surface area (Å²) in [7, 11) is 0. The molecule has 3 heteroatoms. The summed E-state index contributed by atoms with van der Waals surface area (Å²) >= 11 is 0. The first-order chi connectivity index (χ1) is 29.8. The summed E-state index contributed by atoms with van der Waals surface area (Å²) in [6.45, 7) is 0. The van der Waals surface area contributed by atoms with Gasteiger partial charge in [0.1, 0.15) is 0 Å². The molecule has 0 bridgehead atoms. The van der Waals surface area contributed by atoms with Crippen LogP contribution >= 0.6 is 0 Å². The predicted molar refractivity (Wildman–Crippen MR) is 254 cm³/mol. The molecule has 0 saturated heterocycles. The lowest BCUT2D eigenvalue weighted by Gasteiger charge is -2.28. The maximum atomic E-state index is 5.50. The molecule has 0 radical (unpaired) electrons. The highest BCUT2D eigenvalue weighted by molar-refractivity contribution is 6.21. The smallest absolute Gasteiger partial charge is 0.0794 e. The van der Waals surface area contributed by atoms with E-state index in [1.54, 1.807) is 0 Å². The van der Waals surface area contributed by atoms with Crippen LogP contribution in [-0.4, -0.2) is 4.98 Å². The van der Waals surface area contributed by atoms with Gasteiger partial charge in [-0.05, 0) is 116 Å². The third kappa shape index (κ3) is 6.30. The zero-order valence-corrected chi connectivity index (χ0v) is 32.9. The van der Waals surface area contributed by atoms with Crippen molar-refractivity contribution in [1.82, 2.24) is 4.98 Å². The molecule has 1 heterocycles. The summed E-state index contributed by atoms with van der Waals surface area (Å²) in [4.78, 5) is 10.2. The van der Waals surface area contributed by atoms with Crippen molar-refractivity contribution in [3.63, 3.8) is 0 Å². The van der Waals surface area contributed by atoms with Crippen molar-refractivity contribution in [2.45, 2.75) is 0 Å². The molecule has 0 aliphatic carbocycles. The number of nitrogens with zero attached hydrogens (tertiary/aromatic N) is 3. The van der Waals surface area contributed by atoms with E-state index < -0.39 is 0 Å². The highest BCUT2D eigenvalue weighted by Gasteiger charge is 2.23. The highest BCUT2D eigenvalue weighted by atomic mass is 15.2. The Morgan fingerprint density at radius 3 is 1.23 bits per heavy atom. The molecule has 0 aliphatic heterocycles. The molecule has 0 atom stereocenters. The molecule has 0 amide bonds. The van der Waals surface area contributed by atoms with Crippen LogP contribution in [0.1, 0.15) is 0 Å². The third-order valence-corrected chi connectivity index (χ3v) is 11.6. The van der Waals surface area contributed by atoms with E-state index in [-0.39, 0.29) is 0 Å². The summed E-state index contributed by atoms with van der Waals surface area (Å²) in [5.41, 5.74) is 11.9. The molecule has 1 aromatic heterocycles. The van der Waals surface area contributed by atoms with E-state index in [2.05, 4.69) is 240 Å². The molecule has 3 nitrogen and oxygen atoms in total. The lowest BCUT2D eigenvalue weighted by Crippen LogP contribution is -2.11. The van der Waals surface area contributed by atoms with E-state index in [4.69, 9.17) is 4.98 Å². The van der Waals surface area contributed by atoms with E-state index in [1.807, 2.05) is 6.20 Å². The van der Waals surface area contributed by atoms with Crippen LogP contribution < -0.4 is 9.80 Å². The maximum absolute atomic E-state index is 5.50. The van der Waals surface area contributed by atoms with Crippen molar-refractivity contribution in [3.8, 4) is 22.3 Å². The molecule has 10 aromatic carbocycles. The zero-order chi connectivity index (χ0) is 39.8. The first-order valence-electron chi connectivity index (χ1n) is 20.5. The standard InChI is InChI=1S/C57H39N3/c1-5-19-42(20-6-1)55-52-34-33-50(59(46-25-9-3-10-26-46)48-31-29-40-17-13-15-23-44(40)35-48)37-53(52)56(43-21-7-2-8-22-43)57-54(55)38-51(39-58-57)60(47-27-11-4-12-28-47)49-32-30-41-18-14-16-24-45(41)36-49/h1-39H. The number of fused-ring (bicyclic) bond motifs is 4. The number of para-hydroxylation sites is 2. The molecular formula is C57H39N3. The van der Waals surface area contributed by atoms with Crippen LogP contribution in [0.3, 0.4) is 0 Å². The molecular weight excluding hydrogens is 727 g/mol. The molecule has 0 spiro atoms. The van der Waals surface area contributed by atoms with Gasteiger partial charge in [0.2, 0.25) is 0 Å². The van der Waals surface area contributed by atoms with Crippen molar-refractivity contribution in [2.24, 2.45) is 0 Å². The average Bonchev–Trinajstić information content (AvgIpc) is 3.32. The fourth-order valence-corrected chi connectivity index (χ4v) is 8.83. The van der Waals surface area contributed by atoms with Crippen LogP contribution in [0.5, 0.6) is 0 Å². The first-order valence-corrected chi connectivity index (χ1v) is 20.5. The Labute approximate surface area is 349 Å². The maximum Gasteiger partial charge on any atom is 0.0794 e. The molecule has 0 saturated carbocycles. The SMILES string of the molecule is c1ccc(-c2c3ccc(N(c4ccccc4)c4ccc5ccccc5c4)cc3c(-c3ccccc3)c3ncc(N(c4ccccc4)c4ccc5ccccc5c4)cc23)cc1. The summed E-state index contributed by atoms with van der Waals surface area (Å²) in [5, 5.41) is 8.22. The van der Waals surface area contributed by atoms with Crippen LogP contribution in [0.15, 0.2) is 237 Å². The number of hydrogen-bond donors (Lipinski definition) is 0. The highest BCUT2D eigenvalue weighted by Crippen LogP contribution is 2.47. The fourth-order valence-electron chi connectivity index (χ4n) is 8.83. The molecule has 282 valence electrons. The van der Waals surface area contributed by atoms with Crippen LogP contribution in [0.4, 0.5) is 34.1 Å². The van der Waals surface area contributed by atoms with E-state index in [9.17, 15) is 0 Å². The van der Waals surface area contributed by atoms with Crippen LogP contribution in [-0.2, 0) is 0 Å². The van der Waals surface area contributed by atoms with Gasteiger partial charge >= 0.3 is 0 Å². The van der Waals surface area contributed by atoms with Crippen LogP contribution in [0.2, 0.25) is 0 Å². The number of rotatable bonds is 8. The van der Waals surface area contributed by atoms with E-state index >= 15 is 0 Å². The van der Waals surface area contributed by atoms with Gasteiger partial charge in [0.15, 0.2) is 0 Å². The van der Waals surface area contributed by atoms with E-state index in [0.29, 0.717) is 0 Å². The third-order valence-electron chi connectivity index (χ3n) is 11.6. The molecule has 0 unspecified atom stereocenters. The normalized spacial score (nSPS) is 11.3. The fraction of sp³-hybridized carbons (Fsp3) is 0. The van der Waals surface area contributed by atoms with Gasteiger partial charge in [0, 0.05) is 39.4 Å². The van der Waals surface area contributed by atoms with Crippen molar-refractivity contribution in [3.05, 3.63) is 237 Å². The number of pyridine rings is 1. The van der Waals surface area contributed by atoms with Gasteiger partial charge in [-0.2, -0.15) is 0 Å². The average molecular weight is 766 g/mol. The van der Waals surface area contributed by atoms with Gasteiger partial charge in [0.05, 0.1) is 17.4 Å². The number of aromatic nitrogens is 1. The van der Waals surface area contributed by atoms with Gasteiger partial charge in [-0.3, -0.25) is 4.98 Å². The van der Waals surface area contributed by atoms with Gasteiger partial charge in [-0.25, -0.2) is 0 Å². The predicted octanol–water partition coefficient (Wildman–Crippen LogP) is 16.0. The molecule has 11 rings (SSSR count). The zero-order valence-electron chi connectivity index (χ0n) is 32.9. The second-order valence-corrected chi connectivity index (χ2v) is 15.2. The largest absolute Gasteiger partial charge is 0.310 e. The number of benzene rings is 10. The summed E-state index contributed by atoms with van der Waals surface area (Å²) in [6.07, 6.45) is 2.05. The quantitative estimate of drug-likeness (QED) is 0.144. The second kappa shape index (κ2) is 15.1. The minimum atomic E-state index is 0.956. The van der Waals surface area contributed by atoms with Gasteiger partial charge in [-0.1, -0.05) is 164 Å². The Balaban J connectivity index is 1.20. The van der Waals surface area contributed by atoms with E-state index in [0.717, 1.165) is 72.7 Å². The summed E-state index contributed by atoms with van der Waals surface area (Å²) < 4.78 is 0. The molecule has 0 N–H and O–H groups in total. The summed E-state index contributed by atoms with van der Waals surface area (Å²) in [6, 6.07) is 82.7. The van der Waals surface area contributed by atoms with E-state index in [1.165, 1.54) is 26.9 Å². The van der Waals surface area contributed by atoms with Crippen LogP contribution in [0.25, 0.3) is 65.5 Å². The first kappa shape index (κ1) is 35.2.